The van der Waals surface area contributed by atoms with Gasteiger partial charge in [0.2, 0.25) is 5.96 Å². The predicted octanol–water partition coefficient (Wildman–Crippen LogP) is 0.0221. The van der Waals surface area contributed by atoms with E-state index in [4.69, 9.17) is 10.6 Å². The summed E-state index contributed by atoms with van der Waals surface area (Å²) in [6.07, 6.45) is -3.37. The summed E-state index contributed by atoms with van der Waals surface area (Å²) in [6, 6.07) is 0. The first-order chi connectivity index (χ1) is 9.46. The van der Waals surface area contributed by atoms with Gasteiger partial charge < -0.3 is 9.64 Å². The van der Waals surface area contributed by atoms with E-state index >= 15 is 0 Å². The van der Waals surface area contributed by atoms with Crippen LogP contribution in [-0.2, 0) is 4.74 Å². The Morgan fingerprint density at radius 1 is 1.30 bits per heavy atom. The molecule has 0 atom stereocenters. The van der Waals surface area contributed by atoms with Crippen molar-refractivity contribution in [2.45, 2.75) is 12.6 Å². The SMILES string of the molecule is COCCCN=C(NN)N1CCN(CC(F)(F)F)CC1. The molecule has 0 radical (unpaired) electrons. The summed E-state index contributed by atoms with van der Waals surface area (Å²) in [5.41, 5.74) is 2.51. The fraction of sp³-hybridized carbons (Fsp3) is 0.909. The monoisotopic (exact) mass is 297 g/mol. The Kier molecular flexibility index (Phi) is 7.03. The van der Waals surface area contributed by atoms with Gasteiger partial charge in [-0.2, -0.15) is 13.2 Å². The van der Waals surface area contributed by atoms with Crippen molar-refractivity contribution in [3.8, 4) is 0 Å². The summed E-state index contributed by atoms with van der Waals surface area (Å²) in [7, 11) is 1.62. The number of hydrogen-bond donors (Lipinski definition) is 2. The first kappa shape index (κ1) is 17.0. The molecule has 1 aliphatic rings. The number of hydrogen-bond acceptors (Lipinski definition) is 4. The largest absolute Gasteiger partial charge is 0.401 e. The third kappa shape index (κ3) is 6.40. The van der Waals surface area contributed by atoms with Gasteiger partial charge in [0.05, 0.1) is 6.54 Å². The zero-order valence-electron chi connectivity index (χ0n) is 11.6. The van der Waals surface area contributed by atoms with Gasteiger partial charge in [0.1, 0.15) is 0 Å². The molecule has 1 aliphatic heterocycles. The Balaban J connectivity index is 2.38. The standard InChI is InChI=1S/C11H22F3N5O/c1-20-8-2-3-16-10(17-15)19-6-4-18(5-7-19)9-11(12,13)14/h2-9,15H2,1H3,(H,16,17). The second kappa shape index (κ2) is 8.28. The van der Waals surface area contributed by atoms with Gasteiger partial charge in [0.15, 0.2) is 0 Å². The average molecular weight is 297 g/mol. The number of hydrazine groups is 1. The van der Waals surface area contributed by atoms with Gasteiger partial charge in [-0.1, -0.05) is 0 Å². The van der Waals surface area contributed by atoms with E-state index in [1.165, 1.54) is 4.90 Å². The van der Waals surface area contributed by atoms with Crippen LogP contribution in [0.3, 0.4) is 0 Å². The topological polar surface area (TPSA) is 66.1 Å². The van der Waals surface area contributed by atoms with Crippen molar-refractivity contribution in [3.05, 3.63) is 0 Å². The Bertz CT molecular complexity index is 303. The molecule has 0 aromatic rings. The number of nitrogens with one attached hydrogen (secondary N) is 1. The molecule has 9 heteroatoms. The van der Waals surface area contributed by atoms with Crippen LogP contribution in [0.15, 0.2) is 4.99 Å². The molecule has 0 unspecified atom stereocenters. The molecule has 0 aliphatic carbocycles. The zero-order valence-corrected chi connectivity index (χ0v) is 11.6. The molecular weight excluding hydrogens is 275 g/mol. The minimum Gasteiger partial charge on any atom is -0.385 e. The summed E-state index contributed by atoms with van der Waals surface area (Å²) in [4.78, 5) is 7.53. The van der Waals surface area contributed by atoms with Crippen LogP contribution in [0, 0.1) is 0 Å². The Morgan fingerprint density at radius 2 is 1.95 bits per heavy atom. The fourth-order valence-electron chi connectivity index (χ4n) is 2.00. The van der Waals surface area contributed by atoms with Crippen molar-refractivity contribution in [1.82, 2.24) is 15.2 Å². The number of piperazine rings is 1. The van der Waals surface area contributed by atoms with E-state index < -0.39 is 12.7 Å². The van der Waals surface area contributed by atoms with E-state index in [1.54, 1.807) is 7.11 Å². The minimum atomic E-state index is -4.15. The van der Waals surface area contributed by atoms with Crippen molar-refractivity contribution in [2.24, 2.45) is 10.8 Å². The molecule has 1 fully saturated rings. The van der Waals surface area contributed by atoms with Crippen molar-refractivity contribution in [2.75, 3.05) is 53.0 Å². The molecule has 0 amide bonds. The third-order valence-corrected chi connectivity index (χ3v) is 2.97. The van der Waals surface area contributed by atoms with E-state index in [2.05, 4.69) is 10.4 Å². The number of rotatable bonds is 5. The van der Waals surface area contributed by atoms with Crippen molar-refractivity contribution < 1.29 is 17.9 Å². The highest BCUT2D eigenvalue weighted by atomic mass is 19.4. The Labute approximate surface area is 116 Å². The number of nitrogens with zero attached hydrogens (tertiary/aromatic N) is 3. The lowest BCUT2D eigenvalue weighted by molar-refractivity contribution is -0.148. The van der Waals surface area contributed by atoms with E-state index in [9.17, 15) is 13.2 Å². The van der Waals surface area contributed by atoms with Crippen LogP contribution in [0.2, 0.25) is 0 Å². The molecule has 20 heavy (non-hydrogen) atoms. The highest BCUT2D eigenvalue weighted by Gasteiger charge is 2.32. The number of aliphatic imine (C=N–C) groups is 1. The fourth-order valence-corrected chi connectivity index (χ4v) is 2.00. The molecule has 0 aromatic heterocycles. The lowest BCUT2D eigenvalue weighted by Crippen LogP contribution is -2.55. The third-order valence-electron chi connectivity index (χ3n) is 2.97. The maximum atomic E-state index is 12.3. The second-order valence-electron chi connectivity index (χ2n) is 4.57. The maximum Gasteiger partial charge on any atom is 0.401 e. The van der Waals surface area contributed by atoms with E-state index in [0.29, 0.717) is 45.3 Å². The second-order valence-corrected chi connectivity index (χ2v) is 4.57. The van der Waals surface area contributed by atoms with Crippen molar-refractivity contribution in [1.29, 1.82) is 0 Å². The van der Waals surface area contributed by atoms with Crippen LogP contribution in [0.25, 0.3) is 0 Å². The lowest BCUT2D eigenvalue weighted by atomic mass is 10.3. The van der Waals surface area contributed by atoms with Crippen LogP contribution in [-0.4, -0.2) is 74.9 Å². The summed E-state index contributed by atoms with van der Waals surface area (Å²) in [6.45, 7) is 1.96. The molecule has 1 heterocycles. The van der Waals surface area contributed by atoms with Crippen molar-refractivity contribution >= 4 is 5.96 Å². The number of nitrogens with two attached hydrogens (primary N) is 1. The zero-order chi connectivity index (χ0) is 15.0. The van der Waals surface area contributed by atoms with E-state index in [-0.39, 0.29) is 0 Å². The van der Waals surface area contributed by atoms with Gasteiger partial charge in [-0.25, -0.2) is 5.84 Å². The lowest BCUT2D eigenvalue weighted by Gasteiger charge is -2.36. The van der Waals surface area contributed by atoms with Crippen LogP contribution in [0.5, 0.6) is 0 Å². The molecule has 0 spiro atoms. The number of alkyl halides is 3. The summed E-state index contributed by atoms with van der Waals surface area (Å²) in [5.74, 6) is 5.93. The number of methoxy groups -OCH3 is 1. The molecule has 0 saturated carbocycles. The van der Waals surface area contributed by atoms with E-state index in [1.807, 2.05) is 4.90 Å². The number of halogens is 3. The minimum absolute atomic E-state index is 0.346. The molecule has 0 bridgehead atoms. The van der Waals surface area contributed by atoms with Crippen LogP contribution < -0.4 is 11.3 Å². The Morgan fingerprint density at radius 3 is 2.45 bits per heavy atom. The maximum absolute atomic E-state index is 12.3. The molecule has 118 valence electrons. The molecule has 3 N–H and O–H groups in total. The molecule has 0 aromatic carbocycles. The summed E-state index contributed by atoms with van der Waals surface area (Å²) < 4.78 is 41.7. The first-order valence-corrected chi connectivity index (χ1v) is 6.50. The Hall–Kier alpha value is -1.06. The molecular formula is C11H22F3N5O. The molecule has 1 saturated heterocycles. The van der Waals surface area contributed by atoms with Crippen LogP contribution in [0.4, 0.5) is 13.2 Å². The quantitative estimate of drug-likeness (QED) is 0.246. The van der Waals surface area contributed by atoms with Gasteiger partial charge in [0, 0.05) is 46.4 Å². The van der Waals surface area contributed by atoms with Gasteiger partial charge in [-0.3, -0.25) is 15.3 Å². The normalized spacial score (nSPS) is 18.4. The number of ether oxygens (including phenoxy) is 1. The predicted molar refractivity (Wildman–Crippen MR) is 70.2 cm³/mol. The van der Waals surface area contributed by atoms with Gasteiger partial charge in [-0.15, -0.1) is 0 Å². The summed E-state index contributed by atoms with van der Waals surface area (Å²) >= 11 is 0. The van der Waals surface area contributed by atoms with Gasteiger partial charge >= 0.3 is 6.18 Å². The number of guanidine groups is 1. The van der Waals surface area contributed by atoms with Crippen molar-refractivity contribution in [3.63, 3.8) is 0 Å². The molecule has 6 nitrogen and oxygen atoms in total. The van der Waals surface area contributed by atoms with E-state index in [0.717, 1.165) is 6.42 Å². The highest BCUT2D eigenvalue weighted by molar-refractivity contribution is 5.79. The average Bonchev–Trinajstić information content (AvgIpc) is 2.38. The summed E-state index contributed by atoms with van der Waals surface area (Å²) in [5, 5.41) is 0. The first-order valence-electron chi connectivity index (χ1n) is 6.50. The molecule has 1 rings (SSSR count). The smallest absolute Gasteiger partial charge is 0.385 e. The van der Waals surface area contributed by atoms with Gasteiger partial charge in [0.25, 0.3) is 0 Å². The van der Waals surface area contributed by atoms with Gasteiger partial charge in [-0.05, 0) is 6.42 Å². The van der Waals surface area contributed by atoms with Crippen LogP contribution in [0.1, 0.15) is 6.42 Å². The van der Waals surface area contributed by atoms with Crippen LogP contribution >= 0.6 is 0 Å². The highest BCUT2D eigenvalue weighted by Crippen LogP contribution is 2.17.